The molecule has 0 aliphatic carbocycles. The Morgan fingerprint density at radius 2 is 1.53 bits per heavy atom. The van der Waals surface area contributed by atoms with E-state index in [1.54, 1.807) is 12.1 Å². The maximum Gasteiger partial charge on any atom is 0.242 e. The Morgan fingerprint density at radius 3 is 2.16 bits per heavy atom. The van der Waals surface area contributed by atoms with E-state index >= 15 is 0 Å². The van der Waals surface area contributed by atoms with E-state index in [9.17, 15) is 24.6 Å². The van der Waals surface area contributed by atoms with Crippen LogP contribution in [-0.4, -0.2) is 59.2 Å². The van der Waals surface area contributed by atoms with Crippen molar-refractivity contribution in [2.24, 2.45) is 5.73 Å². The molecule has 2 aromatic carbocycles. The number of aliphatic hydroxyl groups is 1. The van der Waals surface area contributed by atoms with Crippen LogP contribution in [0.2, 0.25) is 0 Å². The van der Waals surface area contributed by atoms with Gasteiger partial charge in [0.15, 0.2) is 0 Å². The number of phenols is 1. The average Bonchev–Trinajstić information content (AvgIpc) is 2.79. The lowest BCUT2D eigenvalue weighted by Crippen LogP contribution is -2.52. The van der Waals surface area contributed by atoms with E-state index in [1.165, 1.54) is 19.1 Å². The van der Waals surface area contributed by atoms with Crippen molar-refractivity contribution >= 4 is 17.7 Å². The molecule has 3 atom stereocenters. The van der Waals surface area contributed by atoms with E-state index in [1.807, 2.05) is 30.3 Å². The van der Waals surface area contributed by atoms with Crippen LogP contribution in [0.15, 0.2) is 54.6 Å². The lowest BCUT2D eigenvalue weighted by molar-refractivity contribution is -0.130. The van der Waals surface area contributed by atoms with Gasteiger partial charge in [-0.25, -0.2) is 0 Å². The predicted molar refractivity (Wildman–Crippen MR) is 120 cm³/mol. The largest absolute Gasteiger partial charge is 0.508 e. The molecule has 3 amide bonds. The van der Waals surface area contributed by atoms with Crippen molar-refractivity contribution < 1.29 is 24.6 Å². The minimum atomic E-state index is -0.890. The monoisotopic (exact) mass is 442 g/mol. The van der Waals surface area contributed by atoms with E-state index in [-0.39, 0.29) is 25.3 Å². The number of benzene rings is 2. The number of aliphatic hydroxyl groups excluding tert-OH is 1. The van der Waals surface area contributed by atoms with E-state index in [4.69, 9.17) is 5.73 Å². The van der Waals surface area contributed by atoms with Gasteiger partial charge in [0.2, 0.25) is 17.7 Å². The van der Waals surface area contributed by atoms with Crippen molar-refractivity contribution in [3.05, 3.63) is 65.7 Å². The summed E-state index contributed by atoms with van der Waals surface area (Å²) in [6, 6.07) is 13.5. The number of phenolic OH excluding ortho intramolecular Hbond substituents is 1. The summed E-state index contributed by atoms with van der Waals surface area (Å²) in [5.74, 6) is -1.37. The number of nitrogens with two attached hydrogens (primary N) is 1. The fourth-order valence-electron chi connectivity index (χ4n) is 3.02. The number of carbonyl (C=O) groups is 3. The summed E-state index contributed by atoms with van der Waals surface area (Å²) >= 11 is 0. The molecule has 2 rings (SSSR count). The molecule has 0 saturated heterocycles. The lowest BCUT2D eigenvalue weighted by Gasteiger charge is -2.19. The summed E-state index contributed by atoms with van der Waals surface area (Å²) in [6.07, 6.45) is 0.704. The summed E-state index contributed by atoms with van der Waals surface area (Å²) in [6.45, 7) is 0.966. The molecule has 9 nitrogen and oxygen atoms in total. The van der Waals surface area contributed by atoms with Crippen LogP contribution in [0.3, 0.4) is 0 Å². The van der Waals surface area contributed by atoms with Gasteiger partial charge in [-0.1, -0.05) is 42.5 Å². The molecule has 2 aromatic rings. The van der Waals surface area contributed by atoms with Gasteiger partial charge in [-0.15, -0.1) is 0 Å². The second kappa shape index (κ2) is 12.4. The van der Waals surface area contributed by atoms with E-state index < -0.39 is 35.8 Å². The van der Waals surface area contributed by atoms with Crippen LogP contribution in [0.4, 0.5) is 0 Å². The highest BCUT2D eigenvalue weighted by Crippen LogP contribution is 2.11. The Kier molecular flexibility index (Phi) is 9.65. The Bertz CT molecular complexity index is 889. The summed E-state index contributed by atoms with van der Waals surface area (Å²) in [5, 5.41) is 26.5. The summed E-state index contributed by atoms with van der Waals surface area (Å²) in [5.41, 5.74) is 7.64. The zero-order valence-corrected chi connectivity index (χ0v) is 18.0. The van der Waals surface area contributed by atoms with E-state index in [2.05, 4.69) is 16.0 Å². The van der Waals surface area contributed by atoms with Gasteiger partial charge in [0.1, 0.15) is 11.8 Å². The van der Waals surface area contributed by atoms with Crippen LogP contribution in [0, 0.1) is 0 Å². The molecule has 0 aromatic heterocycles. The summed E-state index contributed by atoms with van der Waals surface area (Å²) in [7, 11) is 0. The van der Waals surface area contributed by atoms with Gasteiger partial charge in [0, 0.05) is 0 Å². The Hall–Kier alpha value is -3.43. The number of rotatable bonds is 11. The van der Waals surface area contributed by atoms with E-state index in [0.717, 1.165) is 11.1 Å². The summed E-state index contributed by atoms with van der Waals surface area (Å²) in [4.78, 5) is 36.6. The molecule has 0 heterocycles. The van der Waals surface area contributed by atoms with Gasteiger partial charge in [-0.3, -0.25) is 14.4 Å². The SMILES string of the molecule is C[C@@H](NC(=O)[C@@H](N)Cc1ccc(O)cc1)C(=O)NCC(=O)N[C@H](CO)Cc1ccccc1. The van der Waals surface area contributed by atoms with Gasteiger partial charge in [-0.05, 0) is 43.0 Å². The molecule has 0 spiro atoms. The molecule has 172 valence electrons. The topological polar surface area (TPSA) is 154 Å². The average molecular weight is 443 g/mol. The fourth-order valence-corrected chi connectivity index (χ4v) is 3.02. The fraction of sp³-hybridized carbons (Fsp3) is 0.348. The quantitative estimate of drug-likeness (QED) is 0.278. The molecule has 0 unspecified atom stereocenters. The molecule has 0 bridgehead atoms. The van der Waals surface area contributed by atoms with Crippen molar-refractivity contribution in [3.63, 3.8) is 0 Å². The van der Waals surface area contributed by atoms with Crippen LogP contribution in [0.25, 0.3) is 0 Å². The maximum absolute atomic E-state index is 12.3. The normalized spacial score (nSPS) is 13.5. The number of nitrogens with one attached hydrogen (secondary N) is 3. The number of aromatic hydroxyl groups is 1. The third-order valence-electron chi connectivity index (χ3n) is 4.81. The molecule has 32 heavy (non-hydrogen) atoms. The number of hydrogen-bond donors (Lipinski definition) is 6. The van der Waals surface area contributed by atoms with Gasteiger partial charge < -0.3 is 31.9 Å². The number of carbonyl (C=O) groups excluding carboxylic acids is 3. The molecular weight excluding hydrogens is 412 g/mol. The first kappa shape index (κ1) is 24.8. The van der Waals surface area contributed by atoms with Crippen LogP contribution < -0.4 is 21.7 Å². The Morgan fingerprint density at radius 1 is 0.906 bits per heavy atom. The molecule has 0 radical (unpaired) electrons. The van der Waals surface area contributed by atoms with Crippen molar-refractivity contribution in [1.82, 2.24) is 16.0 Å². The van der Waals surface area contributed by atoms with Gasteiger partial charge in [-0.2, -0.15) is 0 Å². The highest BCUT2D eigenvalue weighted by Gasteiger charge is 2.21. The third kappa shape index (κ3) is 8.37. The number of amides is 3. The maximum atomic E-state index is 12.3. The molecule has 0 aliphatic rings. The minimum Gasteiger partial charge on any atom is -0.508 e. The van der Waals surface area contributed by atoms with Gasteiger partial charge in [0.05, 0.1) is 25.2 Å². The first-order valence-electron chi connectivity index (χ1n) is 10.3. The van der Waals surface area contributed by atoms with Crippen LogP contribution in [0.5, 0.6) is 5.75 Å². The summed E-state index contributed by atoms with van der Waals surface area (Å²) < 4.78 is 0. The number of hydrogen-bond acceptors (Lipinski definition) is 6. The Balaban J connectivity index is 1.74. The van der Waals surface area contributed by atoms with Gasteiger partial charge >= 0.3 is 0 Å². The second-order valence-electron chi connectivity index (χ2n) is 7.56. The van der Waals surface area contributed by atoms with E-state index in [0.29, 0.717) is 6.42 Å². The smallest absolute Gasteiger partial charge is 0.242 e. The zero-order valence-electron chi connectivity index (χ0n) is 18.0. The minimum absolute atomic E-state index is 0.117. The highest BCUT2D eigenvalue weighted by molar-refractivity contribution is 5.91. The molecule has 0 fully saturated rings. The van der Waals surface area contributed by atoms with Crippen LogP contribution in [-0.2, 0) is 27.2 Å². The molecule has 7 N–H and O–H groups in total. The second-order valence-corrected chi connectivity index (χ2v) is 7.56. The third-order valence-corrected chi connectivity index (χ3v) is 4.81. The predicted octanol–water partition coefficient (Wildman–Crippen LogP) is -0.397. The molecular formula is C23H30N4O5. The van der Waals surface area contributed by atoms with Crippen molar-refractivity contribution in [3.8, 4) is 5.75 Å². The van der Waals surface area contributed by atoms with Crippen molar-refractivity contribution in [2.75, 3.05) is 13.2 Å². The lowest BCUT2D eigenvalue weighted by atomic mass is 10.1. The molecule has 9 heteroatoms. The molecule has 0 aliphatic heterocycles. The molecule has 0 saturated carbocycles. The Labute approximate surface area is 187 Å². The van der Waals surface area contributed by atoms with Crippen molar-refractivity contribution in [1.29, 1.82) is 0 Å². The van der Waals surface area contributed by atoms with Crippen LogP contribution in [0.1, 0.15) is 18.1 Å². The first-order valence-corrected chi connectivity index (χ1v) is 10.3. The first-order chi connectivity index (χ1) is 15.3. The highest BCUT2D eigenvalue weighted by atomic mass is 16.3. The van der Waals surface area contributed by atoms with Crippen molar-refractivity contribution in [2.45, 2.75) is 37.9 Å². The van der Waals surface area contributed by atoms with Crippen LogP contribution >= 0.6 is 0 Å². The standard InChI is InChI=1S/C23H30N4O5/c1-15(26-23(32)20(24)12-17-7-9-19(29)10-8-17)22(31)25-13-21(30)27-18(14-28)11-16-5-3-2-4-6-16/h2-10,15,18,20,28-29H,11-14,24H2,1H3,(H,25,31)(H,26,32)(H,27,30)/t15-,18+,20+/m1/s1. The zero-order chi connectivity index (χ0) is 23.5. The van der Waals surface area contributed by atoms with Gasteiger partial charge in [0.25, 0.3) is 0 Å².